The van der Waals surface area contributed by atoms with E-state index in [-0.39, 0.29) is 5.91 Å². The van der Waals surface area contributed by atoms with Gasteiger partial charge in [-0.2, -0.15) is 0 Å². The van der Waals surface area contributed by atoms with E-state index in [2.05, 4.69) is 47.2 Å². The van der Waals surface area contributed by atoms with Gasteiger partial charge in [-0.05, 0) is 36.5 Å². The van der Waals surface area contributed by atoms with E-state index in [4.69, 9.17) is 0 Å². The molecule has 0 aromatic carbocycles. The third-order valence-electron chi connectivity index (χ3n) is 4.96. The third-order valence-corrected chi connectivity index (χ3v) is 7.10. The lowest BCUT2D eigenvalue weighted by molar-refractivity contribution is 0.0713. The van der Waals surface area contributed by atoms with Gasteiger partial charge in [-0.15, -0.1) is 22.7 Å². The second-order valence-corrected chi connectivity index (χ2v) is 8.74. The first-order chi connectivity index (χ1) is 12.7. The van der Waals surface area contributed by atoms with Crippen molar-refractivity contribution in [1.29, 1.82) is 0 Å². The highest BCUT2D eigenvalue weighted by atomic mass is 32.1. The van der Waals surface area contributed by atoms with Gasteiger partial charge < -0.3 is 9.80 Å². The Balaban J connectivity index is 1.57. The number of hydrogen-bond acceptors (Lipinski definition) is 5. The van der Waals surface area contributed by atoms with Gasteiger partial charge in [0.2, 0.25) is 0 Å². The van der Waals surface area contributed by atoms with Crippen LogP contribution in [0.5, 0.6) is 0 Å². The molecule has 0 saturated carbocycles. The first-order valence-corrected chi connectivity index (χ1v) is 11.3. The molecule has 0 bridgehead atoms. The average Bonchev–Trinajstić information content (AvgIpc) is 3.36. The lowest BCUT2D eigenvalue weighted by Gasteiger charge is -2.35. The zero-order valence-corrected chi connectivity index (χ0v) is 17.5. The second kappa shape index (κ2) is 9.65. The van der Waals surface area contributed by atoms with Crippen molar-refractivity contribution in [3.63, 3.8) is 0 Å². The van der Waals surface area contributed by atoms with Crippen molar-refractivity contribution in [2.45, 2.75) is 20.3 Å². The van der Waals surface area contributed by atoms with E-state index in [1.165, 1.54) is 9.75 Å². The Kier molecular flexibility index (Phi) is 7.25. The summed E-state index contributed by atoms with van der Waals surface area (Å²) < 4.78 is 0. The summed E-state index contributed by atoms with van der Waals surface area (Å²) in [5, 5.41) is 2.08. The lowest BCUT2D eigenvalue weighted by atomic mass is 10.3. The Labute approximate surface area is 165 Å². The number of hydrogen-bond donors (Lipinski definition) is 0. The minimum absolute atomic E-state index is 0.187. The second-order valence-electron chi connectivity index (χ2n) is 6.71. The van der Waals surface area contributed by atoms with Crippen LogP contribution in [0.1, 0.15) is 29.9 Å². The maximum absolute atomic E-state index is 13.0. The zero-order chi connectivity index (χ0) is 18.4. The molecule has 1 saturated heterocycles. The fraction of sp³-hybridized carbons (Fsp3) is 0.550. The Morgan fingerprint density at radius 2 is 1.81 bits per heavy atom. The van der Waals surface area contributed by atoms with Crippen LogP contribution in [-0.4, -0.2) is 73.0 Å². The van der Waals surface area contributed by atoms with Crippen LogP contribution in [0.2, 0.25) is 0 Å². The van der Waals surface area contributed by atoms with Crippen LogP contribution in [0.25, 0.3) is 9.75 Å². The number of thiophene rings is 2. The van der Waals surface area contributed by atoms with Crippen LogP contribution >= 0.6 is 22.7 Å². The van der Waals surface area contributed by atoms with Crippen LogP contribution in [0.4, 0.5) is 0 Å². The van der Waals surface area contributed by atoms with Crippen molar-refractivity contribution in [2.24, 2.45) is 0 Å². The molecule has 1 fully saturated rings. The molecule has 2 aromatic heterocycles. The van der Waals surface area contributed by atoms with Crippen molar-refractivity contribution < 1.29 is 4.79 Å². The summed E-state index contributed by atoms with van der Waals surface area (Å²) in [6.07, 6.45) is 0.999. The predicted octanol–water partition coefficient (Wildman–Crippen LogP) is 3.97. The van der Waals surface area contributed by atoms with E-state index < -0.39 is 0 Å². The predicted molar refractivity (Wildman–Crippen MR) is 112 cm³/mol. The summed E-state index contributed by atoms with van der Waals surface area (Å²) in [5.74, 6) is 0.187. The summed E-state index contributed by atoms with van der Waals surface area (Å²) in [7, 11) is 0. The lowest BCUT2D eigenvalue weighted by Crippen LogP contribution is -2.48. The fourth-order valence-electron chi connectivity index (χ4n) is 3.34. The van der Waals surface area contributed by atoms with Gasteiger partial charge in [-0.25, -0.2) is 0 Å². The van der Waals surface area contributed by atoms with Crippen LogP contribution in [0.3, 0.4) is 0 Å². The van der Waals surface area contributed by atoms with Gasteiger partial charge in [-0.1, -0.05) is 19.9 Å². The van der Waals surface area contributed by atoms with Crippen molar-refractivity contribution in [2.75, 3.05) is 52.4 Å². The topological polar surface area (TPSA) is 26.8 Å². The minimum atomic E-state index is 0.187. The molecule has 142 valence electrons. The smallest absolute Gasteiger partial charge is 0.263 e. The van der Waals surface area contributed by atoms with E-state index in [1.54, 1.807) is 22.7 Å². The maximum Gasteiger partial charge on any atom is 0.263 e. The first kappa shape index (κ1) is 19.5. The van der Waals surface area contributed by atoms with E-state index in [0.29, 0.717) is 0 Å². The molecule has 0 N–H and O–H groups in total. The largest absolute Gasteiger partial charge is 0.337 e. The van der Waals surface area contributed by atoms with Gasteiger partial charge in [0.1, 0.15) is 0 Å². The Morgan fingerprint density at radius 3 is 2.46 bits per heavy atom. The summed E-state index contributed by atoms with van der Waals surface area (Å²) >= 11 is 3.34. The molecule has 3 heterocycles. The van der Waals surface area contributed by atoms with E-state index >= 15 is 0 Å². The molecular formula is C20H29N3OS2. The molecular weight excluding hydrogens is 362 g/mol. The Morgan fingerprint density at radius 1 is 1.04 bits per heavy atom. The molecule has 3 rings (SSSR count). The maximum atomic E-state index is 13.0. The highest BCUT2D eigenvalue weighted by Crippen LogP contribution is 2.32. The van der Waals surface area contributed by atoms with Gasteiger partial charge in [0.15, 0.2) is 0 Å². The van der Waals surface area contributed by atoms with Gasteiger partial charge in [0.25, 0.3) is 5.91 Å². The molecule has 1 amide bonds. The van der Waals surface area contributed by atoms with Crippen molar-refractivity contribution in [3.8, 4) is 9.75 Å². The molecule has 1 aliphatic rings. The molecule has 0 atom stereocenters. The molecule has 4 nitrogen and oxygen atoms in total. The SMILES string of the molecule is CCCN(CCN1CCN(CC)CC1)C(=O)c1ccc(-c2cccs2)s1. The van der Waals surface area contributed by atoms with Crippen LogP contribution in [-0.2, 0) is 0 Å². The number of nitrogens with zero attached hydrogens (tertiary/aromatic N) is 3. The summed E-state index contributed by atoms with van der Waals surface area (Å²) in [6, 6.07) is 8.25. The van der Waals surface area contributed by atoms with Crippen LogP contribution in [0, 0.1) is 0 Å². The average molecular weight is 392 g/mol. The molecule has 0 radical (unpaired) electrons. The van der Waals surface area contributed by atoms with Crippen molar-refractivity contribution >= 4 is 28.6 Å². The number of piperazine rings is 1. The molecule has 0 spiro atoms. The number of likely N-dealkylation sites (N-methyl/N-ethyl adjacent to an activating group) is 1. The van der Waals surface area contributed by atoms with E-state index in [9.17, 15) is 4.79 Å². The fourth-order valence-corrected chi connectivity index (χ4v) is 5.14. The number of rotatable bonds is 8. The number of carbonyl (C=O) groups is 1. The van der Waals surface area contributed by atoms with Crippen molar-refractivity contribution in [3.05, 3.63) is 34.5 Å². The van der Waals surface area contributed by atoms with Gasteiger partial charge >= 0.3 is 0 Å². The van der Waals surface area contributed by atoms with Crippen LogP contribution < -0.4 is 0 Å². The van der Waals surface area contributed by atoms with Crippen LogP contribution in [0.15, 0.2) is 29.6 Å². The Bertz CT molecular complexity index is 675. The summed E-state index contributed by atoms with van der Waals surface area (Å²) in [6.45, 7) is 12.7. The van der Waals surface area contributed by atoms with E-state index in [0.717, 1.165) is 63.7 Å². The number of amides is 1. The molecule has 1 aliphatic heterocycles. The van der Waals surface area contributed by atoms with Gasteiger partial charge in [-0.3, -0.25) is 9.69 Å². The van der Waals surface area contributed by atoms with Crippen molar-refractivity contribution in [1.82, 2.24) is 14.7 Å². The first-order valence-electron chi connectivity index (χ1n) is 9.59. The summed E-state index contributed by atoms with van der Waals surface area (Å²) in [5.41, 5.74) is 0. The third kappa shape index (κ3) is 4.94. The molecule has 2 aromatic rings. The number of carbonyl (C=O) groups excluding carboxylic acids is 1. The molecule has 0 aliphatic carbocycles. The zero-order valence-electron chi connectivity index (χ0n) is 15.8. The highest BCUT2D eigenvalue weighted by Gasteiger charge is 2.20. The Hall–Kier alpha value is -1.21. The standard InChI is InChI=1S/C20H29N3OS2/c1-3-9-23(15-14-22-12-10-21(4-2)11-13-22)20(24)19-8-7-18(26-19)17-6-5-16-25-17/h5-8,16H,3-4,9-15H2,1-2H3. The molecule has 6 heteroatoms. The monoisotopic (exact) mass is 391 g/mol. The quantitative estimate of drug-likeness (QED) is 0.681. The minimum Gasteiger partial charge on any atom is -0.337 e. The summed E-state index contributed by atoms with van der Waals surface area (Å²) in [4.78, 5) is 23.3. The highest BCUT2D eigenvalue weighted by molar-refractivity contribution is 7.22. The molecule has 0 unspecified atom stereocenters. The van der Waals surface area contributed by atoms with Gasteiger partial charge in [0.05, 0.1) is 4.88 Å². The molecule has 26 heavy (non-hydrogen) atoms. The van der Waals surface area contributed by atoms with E-state index in [1.807, 2.05) is 11.0 Å². The van der Waals surface area contributed by atoms with Gasteiger partial charge in [0, 0.05) is 55.6 Å². The normalized spacial score (nSPS) is 16.1.